The van der Waals surface area contributed by atoms with Gasteiger partial charge in [-0.25, -0.2) is 8.42 Å². The number of hydrogen-bond donors (Lipinski definition) is 1. The van der Waals surface area contributed by atoms with Crippen molar-refractivity contribution in [1.29, 1.82) is 0 Å². The second kappa shape index (κ2) is 12.0. The summed E-state index contributed by atoms with van der Waals surface area (Å²) in [7, 11) is -2.65. The Hall–Kier alpha value is -3.07. The Morgan fingerprint density at radius 2 is 1.65 bits per heavy atom. The quantitative estimate of drug-likeness (QED) is 0.399. The van der Waals surface area contributed by atoms with E-state index < -0.39 is 34.4 Å². The van der Waals surface area contributed by atoms with E-state index in [9.17, 15) is 18.0 Å². The zero-order chi connectivity index (χ0) is 27.3. The number of benzene rings is 3. The molecule has 1 atom stereocenters. The van der Waals surface area contributed by atoms with Gasteiger partial charge < -0.3 is 10.2 Å². The summed E-state index contributed by atoms with van der Waals surface area (Å²) < 4.78 is 28.7. The highest BCUT2D eigenvalue weighted by Gasteiger charge is 2.33. The average molecular weight is 563 g/mol. The summed E-state index contributed by atoms with van der Waals surface area (Å²) in [4.78, 5) is 27.7. The summed E-state index contributed by atoms with van der Waals surface area (Å²) in [5.74, 6) is -0.967. The molecule has 0 radical (unpaired) electrons. The van der Waals surface area contributed by atoms with Crippen molar-refractivity contribution in [2.24, 2.45) is 0 Å². The molecular formula is C27H29Cl2N3O4S. The Labute approximate surface area is 228 Å². The fourth-order valence-electron chi connectivity index (χ4n) is 3.85. The van der Waals surface area contributed by atoms with Crippen molar-refractivity contribution in [2.45, 2.75) is 38.3 Å². The van der Waals surface area contributed by atoms with Crippen LogP contribution in [0.3, 0.4) is 0 Å². The van der Waals surface area contributed by atoms with Crippen LogP contribution in [0.25, 0.3) is 0 Å². The van der Waals surface area contributed by atoms with Gasteiger partial charge in [-0.3, -0.25) is 13.9 Å². The van der Waals surface area contributed by atoms with Crippen molar-refractivity contribution in [1.82, 2.24) is 10.2 Å². The van der Waals surface area contributed by atoms with E-state index in [1.807, 2.05) is 13.0 Å². The standard InChI is InChI=1S/C27H29Cl2N3O4S/c1-18-10-11-19(2)25(14-18)32(37(35,36)23-8-6-5-7-9-23)17-26(33)31(20(3)27(34)30-4)16-21-12-13-22(28)15-24(21)29/h5-15,20H,16-17H2,1-4H3,(H,30,34)/t20-/m0/s1. The van der Waals surface area contributed by atoms with Gasteiger partial charge in [-0.15, -0.1) is 0 Å². The molecule has 196 valence electrons. The number of anilines is 1. The van der Waals surface area contributed by atoms with Gasteiger partial charge in [0.15, 0.2) is 0 Å². The Balaban J connectivity index is 2.08. The molecule has 0 fully saturated rings. The van der Waals surface area contributed by atoms with Crippen molar-refractivity contribution in [3.8, 4) is 0 Å². The number of nitrogens with zero attached hydrogens (tertiary/aromatic N) is 2. The molecule has 37 heavy (non-hydrogen) atoms. The number of carbonyl (C=O) groups is 2. The fraction of sp³-hybridized carbons (Fsp3) is 0.259. The number of rotatable bonds is 9. The summed E-state index contributed by atoms with van der Waals surface area (Å²) in [6.45, 7) is 4.67. The minimum Gasteiger partial charge on any atom is -0.357 e. The van der Waals surface area contributed by atoms with Crippen LogP contribution in [0.5, 0.6) is 0 Å². The van der Waals surface area contributed by atoms with Crippen molar-refractivity contribution in [3.63, 3.8) is 0 Å². The van der Waals surface area contributed by atoms with E-state index in [1.54, 1.807) is 62.4 Å². The minimum absolute atomic E-state index is 0.0184. The molecule has 0 bridgehead atoms. The molecule has 1 N–H and O–H groups in total. The molecule has 3 rings (SSSR count). The monoisotopic (exact) mass is 561 g/mol. The number of amides is 2. The van der Waals surface area contributed by atoms with Crippen molar-refractivity contribution in [3.05, 3.63) is 93.5 Å². The third-order valence-corrected chi connectivity index (χ3v) is 8.37. The van der Waals surface area contributed by atoms with Crippen LogP contribution in [0, 0.1) is 13.8 Å². The molecule has 0 unspecified atom stereocenters. The molecule has 0 aliphatic heterocycles. The molecule has 3 aromatic carbocycles. The van der Waals surface area contributed by atoms with E-state index in [1.165, 1.54) is 24.1 Å². The first-order valence-electron chi connectivity index (χ1n) is 11.6. The number of hydrogen-bond acceptors (Lipinski definition) is 4. The Morgan fingerprint density at radius 3 is 2.27 bits per heavy atom. The van der Waals surface area contributed by atoms with Crippen LogP contribution in [-0.2, 0) is 26.2 Å². The molecule has 7 nitrogen and oxygen atoms in total. The Morgan fingerprint density at radius 1 is 0.973 bits per heavy atom. The van der Waals surface area contributed by atoms with Gasteiger partial charge in [-0.2, -0.15) is 0 Å². The molecule has 0 aliphatic rings. The lowest BCUT2D eigenvalue weighted by Crippen LogP contribution is -2.50. The van der Waals surface area contributed by atoms with Crippen LogP contribution in [0.1, 0.15) is 23.6 Å². The molecule has 0 heterocycles. The van der Waals surface area contributed by atoms with Crippen molar-refractivity contribution < 1.29 is 18.0 Å². The Bertz CT molecular complexity index is 1400. The number of sulfonamides is 1. The van der Waals surface area contributed by atoms with E-state index in [-0.39, 0.29) is 11.4 Å². The van der Waals surface area contributed by atoms with Gasteiger partial charge in [0.25, 0.3) is 10.0 Å². The van der Waals surface area contributed by atoms with E-state index in [0.29, 0.717) is 26.9 Å². The van der Waals surface area contributed by atoms with Crippen LogP contribution in [-0.4, -0.2) is 44.8 Å². The average Bonchev–Trinajstić information content (AvgIpc) is 2.87. The number of aryl methyl sites for hydroxylation is 2. The predicted molar refractivity (Wildman–Crippen MR) is 147 cm³/mol. The topological polar surface area (TPSA) is 86.8 Å². The highest BCUT2D eigenvalue weighted by Crippen LogP contribution is 2.29. The maximum absolute atomic E-state index is 13.8. The SMILES string of the molecule is CNC(=O)[C@H](C)N(Cc1ccc(Cl)cc1Cl)C(=O)CN(c1cc(C)ccc1C)S(=O)(=O)c1ccccc1. The van der Waals surface area contributed by atoms with Crippen LogP contribution < -0.4 is 9.62 Å². The lowest BCUT2D eigenvalue weighted by Gasteiger charge is -2.32. The van der Waals surface area contributed by atoms with E-state index in [0.717, 1.165) is 9.87 Å². The molecule has 0 aliphatic carbocycles. The van der Waals surface area contributed by atoms with Crippen LogP contribution in [0.2, 0.25) is 10.0 Å². The van der Waals surface area contributed by atoms with Crippen LogP contribution >= 0.6 is 23.2 Å². The van der Waals surface area contributed by atoms with E-state index in [2.05, 4.69) is 5.32 Å². The first-order chi connectivity index (χ1) is 17.4. The molecule has 3 aromatic rings. The summed E-state index contributed by atoms with van der Waals surface area (Å²) in [5.41, 5.74) is 2.48. The fourth-order valence-corrected chi connectivity index (χ4v) is 5.81. The lowest BCUT2D eigenvalue weighted by molar-refractivity contribution is -0.139. The molecule has 0 saturated carbocycles. The minimum atomic E-state index is -4.12. The zero-order valence-electron chi connectivity index (χ0n) is 21.0. The van der Waals surface area contributed by atoms with Crippen LogP contribution in [0.4, 0.5) is 5.69 Å². The molecular weight excluding hydrogens is 533 g/mol. The summed E-state index contributed by atoms with van der Waals surface area (Å²) in [6.07, 6.45) is 0. The molecule has 10 heteroatoms. The molecule has 2 amide bonds. The van der Waals surface area contributed by atoms with Gasteiger partial charge in [0.1, 0.15) is 12.6 Å². The number of nitrogens with one attached hydrogen (secondary N) is 1. The van der Waals surface area contributed by atoms with Gasteiger partial charge in [0.05, 0.1) is 10.6 Å². The molecule has 0 aromatic heterocycles. The molecule has 0 spiro atoms. The smallest absolute Gasteiger partial charge is 0.264 e. The highest BCUT2D eigenvalue weighted by atomic mass is 35.5. The molecule has 0 saturated heterocycles. The number of likely N-dealkylation sites (N-methyl/N-ethyl adjacent to an activating group) is 1. The highest BCUT2D eigenvalue weighted by molar-refractivity contribution is 7.92. The maximum atomic E-state index is 13.8. The van der Waals surface area contributed by atoms with Gasteiger partial charge in [-0.1, -0.05) is 59.6 Å². The summed E-state index contributed by atoms with van der Waals surface area (Å²) >= 11 is 12.4. The van der Waals surface area contributed by atoms with E-state index in [4.69, 9.17) is 23.2 Å². The Kier molecular flexibility index (Phi) is 9.23. The third kappa shape index (κ3) is 6.63. The van der Waals surface area contributed by atoms with Crippen LogP contribution in [0.15, 0.2) is 71.6 Å². The number of carbonyl (C=O) groups excluding carboxylic acids is 2. The van der Waals surface area contributed by atoms with Gasteiger partial charge >= 0.3 is 0 Å². The number of halogens is 2. The predicted octanol–water partition coefficient (Wildman–Crippen LogP) is 4.97. The largest absolute Gasteiger partial charge is 0.357 e. The zero-order valence-corrected chi connectivity index (χ0v) is 23.4. The summed E-state index contributed by atoms with van der Waals surface area (Å²) in [6, 6.07) is 17.3. The lowest BCUT2D eigenvalue weighted by atomic mass is 10.1. The van der Waals surface area contributed by atoms with Crippen molar-refractivity contribution >= 4 is 50.7 Å². The second-order valence-electron chi connectivity index (χ2n) is 8.66. The van der Waals surface area contributed by atoms with E-state index >= 15 is 0 Å². The van der Waals surface area contributed by atoms with Gasteiger partial charge in [-0.05, 0) is 67.8 Å². The third-order valence-electron chi connectivity index (χ3n) is 6.01. The first-order valence-corrected chi connectivity index (χ1v) is 13.7. The maximum Gasteiger partial charge on any atom is 0.264 e. The first kappa shape index (κ1) is 28.5. The van der Waals surface area contributed by atoms with Gasteiger partial charge in [0.2, 0.25) is 11.8 Å². The second-order valence-corrected chi connectivity index (χ2v) is 11.4. The normalized spacial score (nSPS) is 12.1. The van der Waals surface area contributed by atoms with Gasteiger partial charge in [0, 0.05) is 23.6 Å². The van der Waals surface area contributed by atoms with Crippen molar-refractivity contribution in [2.75, 3.05) is 17.9 Å². The summed E-state index contributed by atoms with van der Waals surface area (Å²) in [5, 5.41) is 3.31.